The van der Waals surface area contributed by atoms with E-state index in [4.69, 9.17) is 18.5 Å². The molecule has 2 saturated carbocycles. The van der Waals surface area contributed by atoms with Crippen molar-refractivity contribution in [1.29, 1.82) is 0 Å². The quantitative estimate of drug-likeness (QED) is 0.248. The van der Waals surface area contributed by atoms with E-state index in [1.54, 1.807) is 7.11 Å². The van der Waals surface area contributed by atoms with Crippen LogP contribution in [0, 0.1) is 18.8 Å². The molecule has 6 nitrogen and oxygen atoms in total. The first-order valence-electron chi connectivity index (χ1n) is 18.5. The molecule has 0 bridgehead atoms. The lowest BCUT2D eigenvalue weighted by Gasteiger charge is -2.41. The van der Waals surface area contributed by atoms with Crippen molar-refractivity contribution < 1.29 is 23.3 Å². The lowest BCUT2D eigenvalue weighted by atomic mass is 9.77. The largest absolute Gasteiger partial charge is 0.496 e. The summed E-state index contributed by atoms with van der Waals surface area (Å²) in [5.41, 5.74) is 3.69. The number of hydrogen-bond donors (Lipinski definition) is 0. The van der Waals surface area contributed by atoms with Crippen molar-refractivity contribution in [2.24, 2.45) is 11.8 Å². The zero-order valence-electron chi connectivity index (χ0n) is 31.8. The fraction of sp³-hybridized carbons (Fsp3) is 0.675. The van der Waals surface area contributed by atoms with Gasteiger partial charge in [-0.1, -0.05) is 45.0 Å². The van der Waals surface area contributed by atoms with Gasteiger partial charge in [0.2, 0.25) is 5.91 Å². The van der Waals surface area contributed by atoms with Crippen molar-refractivity contribution in [2.75, 3.05) is 18.6 Å². The Hall–Kier alpha value is -2.13. The van der Waals surface area contributed by atoms with Crippen molar-refractivity contribution >= 4 is 32.5 Å². The van der Waals surface area contributed by atoms with Gasteiger partial charge in [0, 0.05) is 24.3 Å². The number of rotatable bonds is 9. The summed E-state index contributed by atoms with van der Waals surface area (Å²) in [4.78, 5) is 16.7. The average molecular weight is 676 g/mol. The molecule has 0 spiro atoms. The summed E-state index contributed by atoms with van der Waals surface area (Å²) < 4.78 is 25.1. The molecule has 1 amide bonds. The summed E-state index contributed by atoms with van der Waals surface area (Å²) >= 11 is 0. The third kappa shape index (κ3) is 8.08. The van der Waals surface area contributed by atoms with E-state index in [0.717, 1.165) is 74.8 Å². The van der Waals surface area contributed by atoms with Gasteiger partial charge in [-0.25, -0.2) is 0 Å². The van der Waals surface area contributed by atoms with Gasteiger partial charge in [0.25, 0.3) is 0 Å². The smallest absolute Gasteiger partial charge is 0.494 e. The molecule has 2 aromatic rings. The van der Waals surface area contributed by atoms with Crippen LogP contribution >= 0.6 is 0 Å². The highest BCUT2D eigenvalue weighted by Crippen LogP contribution is 2.42. The van der Waals surface area contributed by atoms with Crippen LogP contribution in [0.5, 0.6) is 5.75 Å². The Morgan fingerprint density at radius 1 is 0.917 bits per heavy atom. The second-order valence-corrected chi connectivity index (χ2v) is 22.2. The lowest BCUT2D eigenvalue weighted by molar-refractivity contribution is -0.124. The number of hydrogen-bond acceptors (Lipinski definition) is 5. The number of methoxy groups -OCH3 is 1. The number of amides is 1. The fourth-order valence-electron chi connectivity index (χ4n) is 7.47. The minimum atomic E-state index is -1.85. The number of anilines is 1. The minimum Gasteiger partial charge on any atom is -0.496 e. The van der Waals surface area contributed by atoms with Crippen LogP contribution in [-0.4, -0.2) is 52.3 Å². The molecule has 8 heteroatoms. The third-order valence-corrected chi connectivity index (χ3v) is 17.0. The number of carbonyl (C=O) groups is 1. The molecule has 1 heterocycles. The van der Waals surface area contributed by atoms with Gasteiger partial charge in [-0.05, 0) is 151 Å². The number of nitrogens with zero attached hydrogens (tertiary/aromatic N) is 1. The van der Waals surface area contributed by atoms with E-state index in [-0.39, 0.29) is 23.0 Å². The number of benzene rings is 2. The van der Waals surface area contributed by atoms with Crippen LogP contribution in [0.4, 0.5) is 5.69 Å². The Morgan fingerprint density at radius 3 is 2.10 bits per heavy atom. The molecule has 0 N–H and O–H groups in total. The zero-order valence-corrected chi connectivity index (χ0v) is 32.8. The maximum atomic E-state index is 14.6. The molecule has 1 saturated heterocycles. The Labute approximate surface area is 292 Å². The van der Waals surface area contributed by atoms with Crippen LogP contribution in [0.1, 0.15) is 117 Å². The predicted octanol–water partition coefficient (Wildman–Crippen LogP) is 9.19. The summed E-state index contributed by atoms with van der Waals surface area (Å²) in [6.07, 6.45) is 8.45. The highest BCUT2D eigenvalue weighted by Gasteiger charge is 2.52. The molecule has 264 valence electrons. The molecule has 48 heavy (non-hydrogen) atoms. The predicted molar refractivity (Wildman–Crippen MR) is 201 cm³/mol. The van der Waals surface area contributed by atoms with Crippen LogP contribution in [0.3, 0.4) is 0 Å². The number of ether oxygens (including phenoxy) is 1. The maximum Gasteiger partial charge on any atom is 0.494 e. The van der Waals surface area contributed by atoms with E-state index < -0.39 is 26.6 Å². The van der Waals surface area contributed by atoms with Crippen molar-refractivity contribution in [3.8, 4) is 5.75 Å². The molecule has 1 aliphatic heterocycles. The maximum absolute atomic E-state index is 14.6. The van der Waals surface area contributed by atoms with Crippen LogP contribution < -0.4 is 15.1 Å². The van der Waals surface area contributed by atoms with Crippen LogP contribution in [0.25, 0.3) is 0 Å². The molecule has 0 unspecified atom stereocenters. The van der Waals surface area contributed by atoms with Crippen molar-refractivity contribution in [3.05, 3.63) is 53.6 Å². The van der Waals surface area contributed by atoms with Crippen molar-refractivity contribution in [1.82, 2.24) is 0 Å². The van der Waals surface area contributed by atoms with E-state index in [1.165, 1.54) is 11.1 Å². The monoisotopic (exact) mass is 675 g/mol. The van der Waals surface area contributed by atoms with Crippen molar-refractivity contribution in [2.45, 2.75) is 148 Å². The van der Waals surface area contributed by atoms with E-state index in [0.29, 0.717) is 11.8 Å². The highest BCUT2D eigenvalue weighted by molar-refractivity contribution is 6.74. The topological polar surface area (TPSA) is 57.2 Å². The van der Waals surface area contributed by atoms with Gasteiger partial charge in [0.15, 0.2) is 8.32 Å². The first kappa shape index (κ1) is 37.1. The lowest BCUT2D eigenvalue weighted by Crippen LogP contribution is -2.46. The second kappa shape index (κ2) is 14.2. The van der Waals surface area contributed by atoms with Gasteiger partial charge < -0.3 is 23.4 Å². The number of carbonyl (C=O) groups excluding carboxylic acids is 1. The Kier molecular flexibility index (Phi) is 11.0. The summed E-state index contributed by atoms with van der Waals surface area (Å²) in [5, 5.41) is 0.184. The molecule has 5 rings (SSSR count). The Balaban J connectivity index is 1.32. The zero-order chi connectivity index (χ0) is 35.1. The van der Waals surface area contributed by atoms with E-state index in [2.05, 4.69) is 116 Å². The normalized spacial score (nSPS) is 25.9. The van der Waals surface area contributed by atoms with Gasteiger partial charge in [-0.15, -0.1) is 0 Å². The summed E-state index contributed by atoms with van der Waals surface area (Å²) in [5.74, 6) is 2.24. The average Bonchev–Trinajstić information content (AvgIpc) is 3.25. The second-order valence-electron chi connectivity index (χ2n) is 17.4. The van der Waals surface area contributed by atoms with Gasteiger partial charge in [0.05, 0.1) is 18.3 Å². The first-order chi connectivity index (χ1) is 22.4. The summed E-state index contributed by atoms with van der Waals surface area (Å²) in [7, 11) is -0.573. The van der Waals surface area contributed by atoms with Gasteiger partial charge in [-0.3, -0.25) is 4.79 Å². The molecule has 2 aliphatic carbocycles. The van der Waals surface area contributed by atoms with Crippen molar-refractivity contribution in [3.63, 3.8) is 0 Å². The van der Waals surface area contributed by atoms with Crippen LogP contribution in [0.15, 0.2) is 42.5 Å². The highest BCUT2D eigenvalue weighted by atomic mass is 28.4. The van der Waals surface area contributed by atoms with E-state index >= 15 is 0 Å². The van der Waals surface area contributed by atoms with Gasteiger partial charge >= 0.3 is 7.12 Å². The minimum absolute atomic E-state index is 0.0170. The van der Waals surface area contributed by atoms with E-state index in [9.17, 15) is 4.79 Å². The molecule has 2 aromatic carbocycles. The standard InChI is InChI=1S/C40H62BNO5Si/c1-28-25-32(21-24-36(28)44-9)30-17-15-29(16-18-30)27-42(34-14-12-13-33(26-34)41-46-39(5,6)40(7,8)47-41)37(43)31-19-22-35(23-20-31)45-48(10,11)38(2,3)4/h12-14,21,24-26,29-31,35H,15-20,22-23,27H2,1-11H3/t29-,30-,31?,35?. The Morgan fingerprint density at radius 2 is 1.54 bits per heavy atom. The van der Waals surface area contributed by atoms with Crippen LogP contribution in [0.2, 0.25) is 18.1 Å². The molecule has 0 radical (unpaired) electrons. The first-order valence-corrected chi connectivity index (χ1v) is 21.4. The van der Waals surface area contributed by atoms with E-state index in [1.807, 2.05) is 0 Å². The molecule has 0 atom stereocenters. The molecule has 3 fully saturated rings. The summed E-state index contributed by atoms with van der Waals surface area (Å²) in [6, 6.07) is 15.0. The third-order valence-electron chi connectivity index (χ3n) is 12.4. The SMILES string of the molecule is COc1ccc([C@H]2CC[C@H](CN(C(=O)C3CCC(O[Si](C)(C)C(C)(C)C)CC3)c3cccc(B4OC(C)(C)C(C)(C)O4)c3)CC2)cc1C. The number of aryl methyl sites for hydroxylation is 1. The molecular weight excluding hydrogens is 613 g/mol. The van der Waals surface area contributed by atoms with Gasteiger partial charge in [0.1, 0.15) is 5.75 Å². The fourth-order valence-corrected chi connectivity index (χ4v) is 8.90. The molecule has 3 aliphatic rings. The van der Waals surface area contributed by atoms with Gasteiger partial charge in [-0.2, -0.15) is 0 Å². The summed E-state index contributed by atoms with van der Waals surface area (Å²) in [6.45, 7) is 22.8. The molecular formula is C40H62BNO5Si. The molecule has 0 aromatic heterocycles. The Bertz CT molecular complexity index is 1400. The van der Waals surface area contributed by atoms with Crippen LogP contribution in [-0.2, 0) is 18.5 Å².